The number of hydrogen-bond acceptors (Lipinski definition) is 2. The quantitative estimate of drug-likeness (QED) is 0.773. The van der Waals surface area contributed by atoms with Crippen LogP contribution >= 0.6 is 11.8 Å². The standard InChI is InChI=1S/C12H23NS/c1-12(6-2-3-7-12)10-13-11-5-4-8-14-9-11/h11,13H,2-10H2,1H3. The molecule has 1 unspecified atom stereocenters. The zero-order valence-electron chi connectivity index (χ0n) is 9.35. The van der Waals surface area contributed by atoms with Crippen LogP contribution in [0.25, 0.3) is 0 Å². The van der Waals surface area contributed by atoms with Crippen molar-refractivity contribution in [3.05, 3.63) is 0 Å². The van der Waals surface area contributed by atoms with Crippen LogP contribution in [0.2, 0.25) is 0 Å². The first kappa shape index (κ1) is 10.8. The molecular formula is C12H23NS. The van der Waals surface area contributed by atoms with E-state index in [1.54, 1.807) is 0 Å². The highest BCUT2D eigenvalue weighted by atomic mass is 32.2. The lowest BCUT2D eigenvalue weighted by molar-refractivity contribution is 0.297. The van der Waals surface area contributed by atoms with Crippen LogP contribution in [0, 0.1) is 5.41 Å². The summed E-state index contributed by atoms with van der Waals surface area (Å²) in [5, 5.41) is 3.78. The van der Waals surface area contributed by atoms with Crippen LogP contribution in [0.1, 0.15) is 45.4 Å². The topological polar surface area (TPSA) is 12.0 Å². The first-order valence-corrected chi connectivity index (χ1v) is 7.25. The van der Waals surface area contributed by atoms with Gasteiger partial charge in [-0.05, 0) is 36.9 Å². The summed E-state index contributed by atoms with van der Waals surface area (Å²) in [5.74, 6) is 2.73. The zero-order chi connectivity index (χ0) is 9.86. The molecule has 82 valence electrons. The summed E-state index contributed by atoms with van der Waals surface area (Å²) >= 11 is 2.12. The van der Waals surface area contributed by atoms with E-state index in [4.69, 9.17) is 0 Å². The van der Waals surface area contributed by atoms with Gasteiger partial charge in [-0.25, -0.2) is 0 Å². The fraction of sp³-hybridized carbons (Fsp3) is 1.00. The van der Waals surface area contributed by atoms with Crippen molar-refractivity contribution in [1.82, 2.24) is 5.32 Å². The molecule has 0 bridgehead atoms. The largest absolute Gasteiger partial charge is 0.313 e. The van der Waals surface area contributed by atoms with Crippen molar-refractivity contribution in [3.63, 3.8) is 0 Å². The maximum atomic E-state index is 3.78. The Balaban J connectivity index is 1.70. The van der Waals surface area contributed by atoms with Crippen molar-refractivity contribution in [1.29, 1.82) is 0 Å². The molecule has 1 nitrogen and oxygen atoms in total. The average molecular weight is 213 g/mol. The minimum Gasteiger partial charge on any atom is -0.313 e. The van der Waals surface area contributed by atoms with Gasteiger partial charge >= 0.3 is 0 Å². The minimum atomic E-state index is 0.627. The van der Waals surface area contributed by atoms with E-state index in [0.29, 0.717) is 5.41 Å². The zero-order valence-corrected chi connectivity index (χ0v) is 10.2. The Kier molecular flexibility index (Phi) is 3.78. The van der Waals surface area contributed by atoms with E-state index in [1.807, 2.05) is 0 Å². The van der Waals surface area contributed by atoms with Crippen LogP contribution in [-0.4, -0.2) is 24.1 Å². The van der Waals surface area contributed by atoms with Gasteiger partial charge < -0.3 is 5.32 Å². The first-order valence-electron chi connectivity index (χ1n) is 6.10. The Morgan fingerprint density at radius 1 is 1.29 bits per heavy atom. The van der Waals surface area contributed by atoms with Crippen molar-refractivity contribution >= 4 is 11.8 Å². The van der Waals surface area contributed by atoms with Crippen molar-refractivity contribution in [2.24, 2.45) is 5.41 Å². The average Bonchev–Trinajstić information content (AvgIpc) is 2.65. The molecule has 1 aliphatic heterocycles. The van der Waals surface area contributed by atoms with Crippen LogP contribution in [0.15, 0.2) is 0 Å². The van der Waals surface area contributed by atoms with Crippen LogP contribution < -0.4 is 5.32 Å². The van der Waals surface area contributed by atoms with Gasteiger partial charge in [-0.3, -0.25) is 0 Å². The number of rotatable bonds is 3. The molecule has 2 aliphatic rings. The fourth-order valence-corrected chi connectivity index (χ4v) is 3.80. The summed E-state index contributed by atoms with van der Waals surface area (Å²) in [6.45, 7) is 3.72. The first-order chi connectivity index (χ1) is 6.79. The van der Waals surface area contributed by atoms with E-state index >= 15 is 0 Å². The maximum absolute atomic E-state index is 3.78. The highest BCUT2D eigenvalue weighted by Gasteiger charge is 2.29. The molecule has 1 N–H and O–H groups in total. The molecule has 1 aliphatic carbocycles. The second-order valence-corrected chi connectivity index (χ2v) is 6.46. The van der Waals surface area contributed by atoms with E-state index in [2.05, 4.69) is 24.0 Å². The highest BCUT2D eigenvalue weighted by Crippen LogP contribution is 2.37. The molecule has 14 heavy (non-hydrogen) atoms. The number of thioether (sulfide) groups is 1. The number of hydrogen-bond donors (Lipinski definition) is 1. The molecule has 0 radical (unpaired) electrons. The van der Waals surface area contributed by atoms with Gasteiger partial charge in [0, 0.05) is 18.3 Å². The summed E-state index contributed by atoms with van der Waals surface area (Å²) in [6, 6.07) is 0.811. The van der Waals surface area contributed by atoms with Gasteiger partial charge in [0.15, 0.2) is 0 Å². The molecule has 1 atom stereocenters. The predicted molar refractivity (Wildman–Crippen MR) is 64.9 cm³/mol. The highest BCUT2D eigenvalue weighted by molar-refractivity contribution is 7.99. The molecular weight excluding hydrogens is 190 g/mol. The third kappa shape index (κ3) is 2.90. The van der Waals surface area contributed by atoms with Crippen LogP contribution in [0.4, 0.5) is 0 Å². The minimum absolute atomic E-state index is 0.627. The lowest BCUT2D eigenvalue weighted by Gasteiger charge is -2.29. The maximum Gasteiger partial charge on any atom is 0.0158 e. The molecule has 0 amide bonds. The Labute approximate surface area is 92.4 Å². The normalized spacial score (nSPS) is 31.9. The van der Waals surface area contributed by atoms with Crippen LogP contribution in [-0.2, 0) is 0 Å². The van der Waals surface area contributed by atoms with Gasteiger partial charge in [0.05, 0.1) is 0 Å². The molecule has 2 fully saturated rings. The lowest BCUT2D eigenvalue weighted by Crippen LogP contribution is -2.39. The molecule has 2 heteroatoms. The molecule has 2 rings (SSSR count). The van der Waals surface area contributed by atoms with Crippen molar-refractivity contribution in [2.75, 3.05) is 18.1 Å². The third-order valence-electron chi connectivity index (χ3n) is 3.79. The van der Waals surface area contributed by atoms with Crippen molar-refractivity contribution < 1.29 is 0 Å². The molecule has 1 heterocycles. The van der Waals surface area contributed by atoms with E-state index < -0.39 is 0 Å². The second-order valence-electron chi connectivity index (χ2n) is 5.31. The Hall–Kier alpha value is 0.310. The summed E-state index contributed by atoms with van der Waals surface area (Å²) in [4.78, 5) is 0. The van der Waals surface area contributed by atoms with Crippen molar-refractivity contribution in [3.8, 4) is 0 Å². The smallest absolute Gasteiger partial charge is 0.0158 e. The monoisotopic (exact) mass is 213 g/mol. The van der Waals surface area contributed by atoms with E-state index in [9.17, 15) is 0 Å². The van der Waals surface area contributed by atoms with Crippen molar-refractivity contribution in [2.45, 2.75) is 51.5 Å². The molecule has 0 aromatic carbocycles. The molecule has 1 saturated carbocycles. The van der Waals surface area contributed by atoms with Gasteiger partial charge in [0.1, 0.15) is 0 Å². The van der Waals surface area contributed by atoms with E-state index in [1.165, 1.54) is 56.6 Å². The molecule has 0 spiro atoms. The van der Waals surface area contributed by atoms with Gasteiger partial charge in [-0.2, -0.15) is 11.8 Å². The summed E-state index contributed by atoms with van der Waals surface area (Å²) in [6.07, 6.45) is 8.62. The predicted octanol–water partition coefficient (Wildman–Crippen LogP) is 3.05. The van der Waals surface area contributed by atoms with Crippen LogP contribution in [0.5, 0.6) is 0 Å². The molecule has 0 aromatic heterocycles. The summed E-state index contributed by atoms with van der Waals surface area (Å²) in [7, 11) is 0. The van der Waals surface area contributed by atoms with Gasteiger partial charge in [-0.15, -0.1) is 0 Å². The molecule has 0 aromatic rings. The van der Waals surface area contributed by atoms with Gasteiger partial charge in [-0.1, -0.05) is 19.8 Å². The SMILES string of the molecule is CC1(CNC2CCCSC2)CCCC1. The fourth-order valence-electron chi connectivity index (χ4n) is 2.70. The number of nitrogens with one attached hydrogen (secondary N) is 1. The van der Waals surface area contributed by atoms with Gasteiger partial charge in [0.25, 0.3) is 0 Å². The Morgan fingerprint density at radius 2 is 2.07 bits per heavy atom. The third-order valence-corrected chi connectivity index (χ3v) is 5.00. The van der Waals surface area contributed by atoms with E-state index in [-0.39, 0.29) is 0 Å². The van der Waals surface area contributed by atoms with E-state index in [0.717, 1.165) is 6.04 Å². The summed E-state index contributed by atoms with van der Waals surface area (Å²) < 4.78 is 0. The Bertz CT molecular complexity index is 169. The van der Waals surface area contributed by atoms with Crippen LogP contribution in [0.3, 0.4) is 0 Å². The Morgan fingerprint density at radius 3 is 2.71 bits per heavy atom. The molecule has 1 saturated heterocycles. The van der Waals surface area contributed by atoms with Gasteiger partial charge in [0.2, 0.25) is 0 Å². The summed E-state index contributed by atoms with van der Waals surface area (Å²) in [5.41, 5.74) is 0.627. The lowest BCUT2D eigenvalue weighted by atomic mass is 9.88. The second kappa shape index (κ2) is 4.89.